The van der Waals surface area contributed by atoms with Gasteiger partial charge in [0, 0.05) is 24.6 Å². The van der Waals surface area contributed by atoms with Crippen LogP contribution in [0.1, 0.15) is 27.2 Å². The first kappa shape index (κ1) is 14.0. The van der Waals surface area contributed by atoms with E-state index in [2.05, 4.69) is 15.3 Å². The Kier molecular flexibility index (Phi) is 4.30. The van der Waals surface area contributed by atoms with E-state index in [1.807, 2.05) is 19.1 Å². The van der Waals surface area contributed by atoms with E-state index in [-0.39, 0.29) is 5.56 Å². The van der Waals surface area contributed by atoms with Gasteiger partial charge in [0.05, 0.1) is 0 Å². The summed E-state index contributed by atoms with van der Waals surface area (Å²) in [4.78, 5) is 19.5. The standard InChI is InChI=1S/C15H17N3O2/c1-10-9-11(2)18-14(13(10)15(19)20)17-8-5-12-3-6-16-7-4-12/h3-4,6-7,9H,5,8H2,1-2H3,(H,17,18)(H,19,20). The summed E-state index contributed by atoms with van der Waals surface area (Å²) < 4.78 is 0. The molecule has 2 aromatic heterocycles. The van der Waals surface area contributed by atoms with Crippen LogP contribution in [0.3, 0.4) is 0 Å². The number of carboxylic acid groups (broad SMARTS) is 1. The summed E-state index contributed by atoms with van der Waals surface area (Å²) in [5, 5.41) is 12.4. The number of aryl methyl sites for hydroxylation is 2. The van der Waals surface area contributed by atoms with E-state index in [1.54, 1.807) is 25.4 Å². The van der Waals surface area contributed by atoms with Crippen LogP contribution in [0.15, 0.2) is 30.6 Å². The van der Waals surface area contributed by atoms with Gasteiger partial charge < -0.3 is 10.4 Å². The van der Waals surface area contributed by atoms with Gasteiger partial charge in [0.25, 0.3) is 0 Å². The Balaban J connectivity index is 2.11. The molecule has 0 amide bonds. The van der Waals surface area contributed by atoms with Crippen LogP contribution in [0, 0.1) is 13.8 Å². The van der Waals surface area contributed by atoms with Crippen molar-refractivity contribution in [2.24, 2.45) is 0 Å². The second kappa shape index (κ2) is 6.14. The third kappa shape index (κ3) is 3.32. The van der Waals surface area contributed by atoms with Crippen LogP contribution in [-0.4, -0.2) is 27.6 Å². The molecule has 0 saturated heterocycles. The fraction of sp³-hybridized carbons (Fsp3) is 0.267. The van der Waals surface area contributed by atoms with Crippen molar-refractivity contribution in [3.05, 3.63) is 53.0 Å². The number of aromatic carboxylic acids is 1. The zero-order valence-corrected chi connectivity index (χ0v) is 11.6. The van der Waals surface area contributed by atoms with Gasteiger partial charge >= 0.3 is 5.97 Å². The van der Waals surface area contributed by atoms with Crippen LogP contribution in [0.25, 0.3) is 0 Å². The molecule has 0 fully saturated rings. The first-order chi connectivity index (χ1) is 9.58. The van der Waals surface area contributed by atoms with Crippen LogP contribution < -0.4 is 5.32 Å². The van der Waals surface area contributed by atoms with Gasteiger partial charge in [-0.3, -0.25) is 4.98 Å². The van der Waals surface area contributed by atoms with Crippen molar-refractivity contribution >= 4 is 11.8 Å². The Hall–Kier alpha value is -2.43. The normalized spacial score (nSPS) is 10.3. The summed E-state index contributed by atoms with van der Waals surface area (Å²) >= 11 is 0. The third-order valence-corrected chi connectivity index (χ3v) is 3.01. The van der Waals surface area contributed by atoms with E-state index < -0.39 is 5.97 Å². The lowest BCUT2D eigenvalue weighted by molar-refractivity contribution is 0.0697. The number of hydrogen-bond donors (Lipinski definition) is 2. The number of aromatic nitrogens is 2. The highest BCUT2D eigenvalue weighted by Crippen LogP contribution is 2.18. The first-order valence-electron chi connectivity index (χ1n) is 6.42. The molecule has 0 atom stereocenters. The van der Waals surface area contributed by atoms with Gasteiger partial charge in [-0.1, -0.05) is 0 Å². The van der Waals surface area contributed by atoms with Crippen LogP contribution in [0.5, 0.6) is 0 Å². The molecule has 0 aliphatic carbocycles. The maximum absolute atomic E-state index is 11.3. The Bertz CT molecular complexity index is 612. The van der Waals surface area contributed by atoms with Crippen molar-refractivity contribution in [2.45, 2.75) is 20.3 Å². The van der Waals surface area contributed by atoms with Gasteiger partial charge in [0.1, 0.15) is 11.4 Å². The zero-order valence-electron chi connectivity index (χ0n) is 11.6. The molecule has 20 heavy (non-hydrogen) atoms. The summed E-state index contributed by atoms with van der Waals surface area (Å²) in [6.07, 6.45) is 4.27. The van der Waals surface area contributed by atoms with Gasteiger partial charge in [-0.2, -0.15) is 0 Å². The minimum Gasteiger partial charge on any atom is -0.478 e. The van der Waals surface area contributed by atoms with Crippen LogP contribution in [0.2, 0.25) is 0 Å². The highest BCUT2D eigenvalue weighted by molar-refractivity contribution is 5.94. The third-order valence-electron chi connectivity index (χ3n) is 3.01. The molecule has 0 radical (unpaired) electrons. The SMILES string of the molecule is Cc1cc(C)c(C(=O)O)c(NCCc2ccncc2)n1. The highest BCUT2D eigenvalue weighted by Gasteiger charge is 2.15. The van der Waals surface area contributed by atoms with Crippen LogP contribution in [0.4, 0.5) is 5.82 Å². The number of pyridine rings is 2. The van der Waals surface area contributed by atoms with Crippen molar-refractivity contribution in [3.63, 3.8) is 0 Å². The second-order valence-electron chi connectivity index (χ2n) is 4.64. The van der Waals surface area contributed by atoms with Crippen LogP contribution in [-0.2, 0) is 6.42 Å². The van der Waals surface area contributed by atoms with Gasteiger partial charge in [0.2, 0.25) is 0 Å². The molecule has 2 N–H and O–H groups in total. The van der Waals surface area contributed by atoms with Crippen molar-refractivity contribution in [1.82, 2.24) is 9.97 Å². The van der Waals surface area contributed by atoms with Gasteiger partial charge in [-0.15, -0.1) is 0 Å². The predicted octanol–water partition coefficient (Wildman–Crippen LogP) is 2.45. The minimum atomic E-state index is -0.957. The minimum absolute atomic E-state index is 0.241. The Morgan fingerprint density at radius 1 is 1.30 bits per heavy atom. The van der Waals surface area contributed by atoms with E-state index >= 15 is 0 Å². The number of rotatable bonds is 5. The monoisotopic (exact) mass is 271 g/mol. The van der Waals surface area contributed by atoms with Gasteiger partial charge in [0.15, 0.2) is 0 Å². The Labute approximate surface area is 117 Å². The number of anilines is 1. The lowest BCUT2D eigenvalue weighted by atomic mass is 10.1. The fourth-order valence-corrected chi connectivity index (χ4v) is 2.11. The summed E-state index contributed by atoms with van der Waals surface area (Å²) in [6, 6.07) is 5.65. The maximum atomic E-state index is 11.3. The van der Waals surface area contributed by atoms with Crippen LogP contribution >= 0.6 is 0 Å². The van der Waals surface area contributed by atoms with Crippen molar-refractivity contribution in [2.75, 3.05) is 11.9 Å². The fourth-order valence-electron chi connectivity index (χ4n) is 2.11. The molecule has 104 valence electrons. The molecular formula is C15H17N3O2. The van der Waals surface area contributed by atoms with E-state index in [4.69, 9.17) is 0 Å². The molecule has 0 aromatic carbocycles. The van der Waals surface area contributed by atoms with Crippen molar-refractivity contribution in [3.8, 4) is 0 Å². The average Bonchev–Trinajstić information content (AvgIpc) is 2.38. The molecule has 0 aliphatic heterocycles. The maximum Gasteiger partial charge on any atom is 0.339 e. The number of carboxylic acids is 1. The summed E-state index contributed by atoms with van der Waals surface area (Å²) in [6.45, 7) is 4.26. The lowest BCUT2D eigenvalue weighted by Crippen LogP contribution is -2.13. The molecule has 0 aliphatic rings. The quantitative estimate of drug-likeness (QED) is 0.873. The molecule has 5 nitrogen and oxygen atoms in total. The molecule has 0 spiro atoms. The Morgan fingerprint density at radius 3 is 2.65 bits per heavy atom. The summed E-state index contributed by atoms with van der Waals surface area (Å²) in [7, 11) is 0. The molecule has 5 heteroatoms. The van der Waals surface area contributed by atoms with Crippen molar-refractivity contribution in [1.29, 1.82) is 0 Å². The smallest absolute Gasteiger partial charge is 0.339 e. The summed E-state index contributed by atoms with van der Waals surface area (Å²) in [5.74, 6) is -0.523. The topological polar surface area (TPSA) is 75.1 Å². The first-order valence-corrected chi connectivity index (χ1v) is 6.42. The largest absolute Gasteiger partial charge is 0.478 e. The lowest BCUT2D eigenvalue weighted by Gasteiger charge is -2.11. The molecule has 2 aromatic rings. The highest BCUT2D eigenvalue weighted by atomic mass is 16.4. The Morgan fingerprint density at radius 2 is 2.00 bits per heavy atom. The molecular weight excluding hydrogens is 254 g/mol. The summed E-state index contributed by atoms with van der Waals surface area (Å²) in [5.41, 5.74) is 2.91. The zero-order chi connectivity index (χ0) is 14.5. The molecule has 2 rings (SSSR count). The predicted molar refractivity (Wildman–Crippen MR) is 77.1 cm³/mol. The number of nitrogens with zero attached hydrogens (tertiary/aromatic N) is 2. The van der Waals surface area contributed by atoms with Gasteiger partial charge in [-0.05, 0) is 49.6 Å². The van der Waals surface area contributed by atoms with Gasteiger partial charge in [-0.25, -0.2) is 9.78 Å². The van der Waals surface area contributed by atoms with E-state index in [0.29, 0.717) is 12.4 Å². The molecule has 0 bridgehead atoms. The van der Waals surface area contributed by atoms with Crippen molar-refractivity contribution < 1.29 is 9.90 Å². The van der Waals surface area contributed by atoms with E-state index in [0.717, 1.165) is 23.2 Å². The number of carbonyl (C=O) groups is 1. The second-order valence-corrected chi connectivity index (χ2v) is 4.64. The molecule has 0 unspecified atom stereocenters. The number of hydrogen-bond acceptors (Lipinski definition) is 4. The van der Waals surface area contributed by atoms with E-state index in [1.165, 1.54) is 0 Å². The molecule has 2 heterocycles. The average molecular weight is 271 g/mol. The number of nitrogens with one attached hydrogen (secondary N) is 1. The molecule has 0 saturated carbocycles. The van der Waals surface area contributed by atoms with E-state index in [9.17, 15) is 9.90 Å².